The second-order valence-corrected chi connectivity index (χ2v) is 6.65. The van der Waals surface area contributed by atoms with Gasteiger partial charge in [-0.1, -0.05) is 0 Å². The SMILES string of the molecule is O=C(O)c1ccc(S(=O)(=O)N(CCO)CC(F)F)s1. The minimum Gasteiger partial charge on any atom is -0.477 e. The number of aliphatic hydroxyl groups is 1. The van der Waals surface area contributed by atoms with Gasteiger partial charge in [-0.05, 0) is 12.1 Å². The summed E-state index contributed by atoms with van der Waals surface area (Å²) in [4.78, 5) is 10.4. The van der Waals surface area contributed by atoms with Gasteiger partial charge in [-0.15, -0.1) is 11.3 Å². The number of hydrogen-bond acceptors (Lipinski definition) is 5. The first kappa shape index (κ1) is 16.0. The highest BCUT2D eigenvalue weighted by Crippen LogP contribution is 2.25. The monoisotopic (exact) mass is 315 g/mol. The van der Waals surface area contributed by atoms with E-state index in [0.717, 1.165) is 12.1 Å². The number of thiophene rings is 1. The molecule has 0 spiro atoms. The number of carboxylic acids is 1. The molecule has 1 heterocycles. The van der Waals surface area contributed by atoms with E-state index in [1.165, 1.54) is 0 Å². The standard InChI is InChI=1S/C9H11F2NO5S2/c10-7(11)5-12(3-4-13)19(16,17)8-2-1-6(18-8)9(14)15/h1-2,7,13H,3-5H2,(H,14,15). The average Bonchev–Trinajstić information content (AvgIpc) is 2.77. The van der Waals surface area contributed by atoms with Gasteiger partial charge < -0.3 is 10.2 Å². The molecule has 6 nitrogen and oxygen atoms in total. The first-order chi connectivity index (χ1) is 8.78. The summed E-state index contributed by atoms with van der Waals surface area (Å²) in [5.74, 6) is -1.30. The molecule has 0 atom stereocenters. The molecule has 0 amide bonds. The van der Waals surface area contributed by atoms with Crippen LogP contribution in [0, 0.1) is 0 Å². The third-order valence-corrected chi connectivity index (χ3v) is 5.48. The van der Waals surface area contributed by atoms with Crippen LogP contribution in [0.15, 0.2) is 16.3 Å². The van der Waals surface area contributed by atoms with E-state index in [4.69, 9.17) is 10.2 Å². The second kappa shape index (κ2) is 6.37. The highest BCUT2D eigenvalue weighted by molar-refractivity contribution is 7.91. The fourth-order valence-electron chi connectivity index (χ4n) is 1.28. The summed E-state index contributed by atoms with van der Waals surface area (Å²) in [5, 5.41) is 17.4. The highest BCUT2D eigenvalue weighted by Gasteiger charge is 2.28. The van der Waals surface area contributed by atoms with Crippen LogP contribution in [0.25, 0.3) is 0 Å². The number of carboxylic acid groups (broad SMARTS) is 1. The molecule has 0 bridgehead atoms. The minimum absolute atomic E-state index is 0.209. The number of alkyl halides is 2. The Morgan fingerprint density at radius 3 is 2.47 bits per heavy atom. The average molecular weight is 315 g/mol. The molecule has 0 unspecified atom stereocenters. The smallest absolute Gasteiger partial charge is 0.345 e. The van der Waals surface area contributed by atoms with Crippen LogP contribution < -0.4 is 0 Å². The van der Waals surface area contributed by atoms with E-state index in [9.17, 15) is 22.0 Å². The van der Waals surface area contributed by atoms with E-state index in [0.29, 0.717) is 15.6 Å². The molecule has 0 aliphatic heterocycles. The number of nitrogens with zero attached hydrogens (tertiary/aromatic N) is 1. The Balaban J connectivity index is 3.07. The zero-order valence-corrected chi connectivity index (χ0v) is 11.1. The number of hydrogen-bond donors (Lipinski definition) is 2. The van der Waals surface area contributed by atoms with Crippen LogP contribution in [0.1, 0.15) is 9.67 Å². The van der Waals surface area contributed by atoms with Gasteiger partial charge in [0.25, 0.3) is 16.4 Å². The predicted molar refractivity (Wildman–Crippen MR) is 63.1 cm³/mol. The zero-order chi connectivity index (χ0) is 14.6. The largest absolute Gasteiger partial charge is 0.477 e. The van der Waals surface area contributed by atoms with Crippen molar-refractivity contribution in [2.75, 3.05) is 19.7 Å². The van der Waals surface area contributed by atoms with E-state index in [1.807, 2.05) is 0 Å². The number of aliphatic hydroxyl groups excluding tert-OH is 1. The Labute approximate surface area is 111 Å². The van der Waals surface area contributed by atoms with Gasteiger partial charge in [-0.2, -0.15) is 4.31 Å². The Morgan fingerprint density at radius 2 is 2.05 bits per heavy atom. The lowest BCUT2D eigenvalue weighted by molar-refractivity contribution is 0.0702. The molecule has 1 aromatic heterocycles. The normalized spacial score (nSPS) is 12.3. The fourth-order valence-corrected chi connectivity index (χ4v) is 3.98. The molecule has 19 heavy (non-hydrogen) atoms. The lowest BCUT2D eigenvalue weighted by Crippen LogP contribution is -2.36. The van der Waals surface area contributed by atoms with Gasteiger partial charge in [0, 0.05) is 6.54 Å². The van der Waals surface area contributed by atoms with Crippen molar-refractivity contribution < 1.29 is 32.2 Å². The van der Waals surface area contributed by atoms with Crippen LogP contribution in [0.2, 0.25) is 0 Å². The lowest BCUT2D eigenvalue weighted by Gasteiger charge is -2.19. The molecular weight excluding hydrogens is 304 g/mol. The Bertz CT molecular complexity index is 543. The van der Waals surface area contributed by atoms with Gasteiger partial charge in [0.05, 0.1) is 13.2 Å². The maximum Gasteiger partial charge on any atom is 0.345 e. The van der Waals surface area contributed by atoms with Gasteiger partial charge in [-0.3, -0.25) is 0 Å². The van der Waals surface area contributed by atoms with E-state index < -0.39 is 42.1 Å². The topological polar surface area (TPSA) is 94.9 Å². The Hall–Kier alpha value is -1.10. The molecule has 0 saturated carbocycles. The third-order valence-electron chi connectivity index (χ3n) is 2.08. The van der Waals surface area contributed by atoms with Crippen molar-refractivity contribution in [2.45, 2.75) is 10.6 Å². The minimum atomic E-state index is -4.22. The first-order valence-electron chi connectivity index (χ1n) is 5.01. The number of rotatable bonds is 7. The predicted octanol–water partition coefficient (Wildman–Crippen LogP) is 0.694. The molecule has 1 aromatic rings. The van der Waals surface area contributed by atoms with Gasteiger partial charge in [-0.25, -0.2) is 22.0 Å². The summed E-state index contributed by atoms with van der Waals surface area (Å²) >= 11 is 0.473. The van der Waals surface area contributed by atoms with E-state index in [2.05, 4.69) is 0 Å². The molecule has 0 aliphatic carbocycles. The van der Waals surface area contributed by atoms with Crippen LogP contribution in [0.5, 0.6) is 0 Å². The number of aromatic carboxylic acids is 1. The van der Waals surface area contributed by atoms with Crippen molar-refractivity contribution in [3.63, 3.8) is 0 Å². The maximum atomic E-state index is 12.3. The molecule has 0 radical (unpaired) electrons. The summed E-state index contributed by atoms with van der Waals surface area (Å²) in [6.07, 6.45) is -2.89. The van der Waals surface area contributed by atoms with Crippen molar-refractivity contribution >= 4 is 27.3 Å². The molecule has 10 heteroatoms. The van der Waals surface area contributed by atoms with Gasteiger partial charge in [0.1, 0.15) is 9.09 Å². The van der Waals surface area contributed by atoms with Crippen LogP contribution in [0.4, 0.5) is 8.78 Å². The van der Waals surface area contributed by atoms with Gasteiger partial charge >= 0.3 is 5.97 Å². The molecule has 108 valence electrons. The van der Waals surface area contributed by atoms with E-state index in [1.54, 1.807) is 0 Å². The number of carbonyl (C=O) groups is 1. The van der Waals surface area contributed by atoms with Crippen molar-refractivity contribution in [1.82, 2.24) is 4.31 Å². The molecule has 0 aliphatic rings. The van der Waals surface area contributed by atoms with Crippen molar-refractivity contribution in [3.05, 3.63) is 17.0 Å². The molecule has 0 saturated heterocycles. The Kier molecular flexibility index (Phi) is 5.35. The maximum absolute atomic E-state index is 12.3. The number of halogens is 2. The fraction of sp³-hybridized carbons (Fsp3) is 0.444. The summed E-state index contributed by atoms with van der Waals surface area (Å²) < 4.78 is 48.7. The molecule has 2 N–H and O–H groups in total. The first-order valence-corrected chi connectivity index (χ1v) is 7.27. The van der Waals surface area contributed by atoms with Crippen molar-refractivity contribution in [3.8, 4) is 0 Å². The Morgan fingerprint density at radius 1 is 1.42 bits per heavy atom. The van der Waals surface area contributed by atoms with Crippen LogP contribution in [-0.4, -0.2) is 55.0 Å². The summed E-state index contributed by atoms with van der Waals surface area (Å²) in [7, 11) is -4.22. The molecular formula is C9H11F2NO5S2. The van der Waals surface area contributed by atoms with Gasteiger partial charge in [0.15, 0.2) is 0 Å². The van der Waals surface area contributed by atoms with Crippen molar-refractivity contribution in [1.29, 1.82) is 0 Å². The van der Waals surface area contributed by atoms with E-state index in [-0.39, 0.29) is 9.09 Å². The third kappa shape index (κ3) is 3.93. The zero-order valence-electron chi connectivity index (χ0n) is 9.49. The molecule has 0 aromatic carbocycles. The number of sulfonamides is 1. The van der Waals surface area contributed by atoms with Crippen LogP contribution in [0.3, 0.4) is 0 Å². The molecule has 0 fully saturated rings. The lowest BCUT2D eigenvalue weighted by atomic mass is 10.5. The summed E-state index contributed by atoms with van der Waals surface area (Å²) in [5.41, 5.74) is 0. The van der Waals surface area contributed by atoms with Crippen molar-refractivity contribution in [2.24, 2.45) is 0 Å². The summed E-state index contributed by atoms with van der Waals surface area (Å²) in [6.45, 7) is -2.14. The second-order valence-electron chi connectivity index (χ2n) is 3.40. The van der Waals surface area contributed by atoms with E-state index >= 15 is 0 Å². The van der Waals surface area contributed by atoms with Gasteiger partial charge in [0.2, 0.25) is 0 Å². The molecule has 1 rings (SSSR count). The quantitative estimate of drug-likeness (QED) is 0.772. The highest BCUT2D eigenvalue weighted by atomic mass is 32.2. The van der Waals surface area contributed by atoms with Crippen LogP contribution in [-0.2, 0) is 10.0 Å². The summed E-state index contributed by atoms with van der Waals surface area (Å²) in [6, 6.07) is 2.12. The van der Waals surface area contributed by atoms with Crippen LogP contribution >= 0.6 is 11.3 Å².